The number of aromatic nitrogens is 1. The fourth-order valence-corrected chi connectivity index (χ4v) is 1.89. The molecular weight excluding hydrogens is 282 g/mol. The highest BCUT2D eigenvalue weighted by atomic mass is 16.5. The van der Waals surface area contributed by atoms with E-state index in [2.05, 4.69) is 10.3 Å². The average molecular weight is 301 g/mol. The normalized spacial score (nSPS) is 10.2. The molecule has 2 rings (SSSR count). The van der Waals surface area contributed by atoms with E-state index >= 15 is 0 Å². The first-order valence-corrected chi connectivity index (χ1v) is 7.15. The lowest BCUT2D eigenvalue weighted by atomic mass is 10.2. The lowest BCUT2D eigenvalue weighted by Gasteiger charge is -2.03. The lowest BCUT2D eigenvalue weighted by Crippen LogP contribution is -2.05. The van der Waals surface area contributed by atoms with Gasteiger partial charge in [0.05, 0.1) is 7.11 Å². The smallest absolute Gasteiger partial charge is 0.232 e. The molecule has 1 aromatic heterocycles. The van der Waals surface area contributed by atoms with Crippen LogP contribution in [0, 0.1) is 11.3 Å². The third-order valence-corrected chi connectivity index (χ3v) is 3.03. The number of nitrogens with zero attached hydrogens (tertiary/aromatic N) is 2. The Balaban J connectivity index is 2.05. The van der Waals surface area contributed by atoms with E-state index in [1.807, 2.05) is 37.3 Å². The number of hydrogen-bond donors (Lipinski definition) is 1. The van der Waals surface area contributed by atoms with Crippen LogP contribution in [0.2, 0.25) is 0 Å². The molecule has 0 spiro atoms. The molecule has 1 heterocycles. The van der Waals surface area contributed by atoms with Gasteiger partial charge >= 0.3 is 0 Å². The zero-order valence-electron chi connectivity index (χ0n) is 12.8. The zero-order chi connectivity index (χ0) is 15.8. The first kappa shape index (κ1) is 15.9. The van der Waals surface area contributed by atoms with Crippen LogP contribution in [-0.2, 0) is 4.74 Å². The topological polar surface area (TPSA) is 80.3 Å². The van der Waals surface area contributed by atoms with Crippen molar-refractivity contribution in [1.29, 1.82) is 5.26 Å². The van der Waals surface area contributed by atoms with Crippen LogP contribution in [-0.4, -0.2) is 31.9 Å². The second-order valence-electron chi connectivity index (χ2n) is 4.51. The fourth-order valence-electron chi connectivity index (χ4n) is 1.89. The van der Waals surface area contributed by atoms with Crippen molar-refractivity contribution < 1.29 is 13.9 Å². The van der Waals surface area contributed by atoms with E-state index in [1.165, 1.54) is 0 Å². The molecular formula is C16H19N3O3. The maximum absolute atomic E-state index is 9.14. The van der Waals surface area contributed by atoms with Gasteiger partial charge in [-0.1, -0.05) is 0 Å². The second-order valence-corrected chi connectivity index (χ2v) is 4.51. The van der Waals surface area contributed by atoms with Gasteiger partial charge < -0.3 is 19.2 Å². The van der Waals surface area contributed by atoms with Gasteiger partial charge in [-0.25, -0.2) is 0 Å². The van der Waals surface area contributed by atoms with Crippen LogP contribution >= 0.6 is 0 Å². The lowest BCUT2D eigenvalue weighted by molar-refractivity contribution is 0.147. The molecule has 0 bridgehead atoms. The first-order valence-electron chi connectivity index (χ1n) is 7.15. The molecule has 0 radical (unpaired) electrons. The van der Waals surface area contributed by atoms with Gasteiger partial charge in [-0.05, 0) is 37.6 Å². The van der Waals surface area contributed by atoms with E-state index in [4.69, 9.17) is 19.2 Å². The molecule has 22 heavy (non-hydrogen) atoms. The second kappa shape index (κ2) is 8.05. The van der Waals surface area contributed by atoms with Crippen LogP contribution in [0.1, 0.15) is 19.0 Å². The summed E-state index contributed by atoms with van der Waals surface area (Å²) in [4.78, 5) is 4.21. The predicted octanol–water partition coefficient (Wildman–Crippen LogP) is 3.06. The molecule has 116 valence electrons. The van der Waals surface area contributed by atoms with Gasteiger partial charge in [0.25, 0.3) is 0 Å². The number of nitrogens with one attached hydrogen (secondary N) is 1. The van der Waals surface area contributed by atoms with Crippen molar-refractivity contribution in [3.63, 3.8) is 0 Å². The van der Waals surface area contributed by atoms with E-state index < -0.39 is 0 Å². The molecule has 0 saturated heterocycles. The third-order valence-electron chi connectivity index (χ3n) is 3.03. The van der Waals surface area contributed by atoms with Crippen LogP contribution in [0.15, 0.2) is 28.7 Å². The van der Waals surface area contributed by atoms with Crippen LogP contribution in [0.4, 0.5) is 5.88 Å². The number of nitriles is 1. The Morgan fingerprint density at radius 2 is 2.09 bits per heavy atom. The van der Waals surface area contributed by atoms with Crippen LogP contribution in [0.25, 0.3) is 11.5 Å². The Morgan fingerprint density at radius 1 is 1.32 bits per heavy atom. The molecule has 0 aliphatic carbocycles. The van der Waals surface area contributed by atoms with Gasteiger partial charge in [0.15, 0.2) is 0 Å². The van der Waals surface area contributed by atoms with E-state index in [0.717, 1.165) is 17.7 Å². The Hall–Kier alpha value is -2.52. The molecule has 1 N–H and O–H groups in total. The Morgan fingerprint density at radius 3 is 2.73 bits per heavy atom. The minimum atomic E-state index is 0.252. The van der Waals surface area contributed by atoms with E-state index in [0.29, 0.717) is 31.5 Å². The van der Waals surface area contributed by atoms with Crippen molar-refractivity contribution in [3.8, 4) is 23.3 Å². The van der Waals surface area contributed by atoms with Crippen LogP contribution in [0.3, 0.4) is 0 Å². The summed E-state index contributed by atoms with van der Waals surface area (Å²) in [6.07, 6.45) is 0.831. The maximum atomic E-state index is 9.14. The summed E-state index contributed by atoms with van der Waals surface area (Å²) in [6, 6.07) is 9.35. The highest BCUT2D eigenvalue weighted by molar-refractivity contribution is 5.59. The van der Waals surface area contributed by atoms with Gasteiger partial charge in [-0.2, -0.15) is 10.2 Å². The SMILES string of the molecule is CCOCCCNc1oc(-c2ccc(OC)cc2)nc1C#N. The quantitative estimate of drug-likeness (QED) is 0.755. The molecule has 2 aromatic rings. The average Bonchev–Trinajstić information content (AvgIpc) is 2.98. The molecule has 0 atom stereocenters. The number of anilines is 1. The first-order chi connectivity index (χ1) is 10.8. The van der Waals surface area contributed by atoms with E-state index in [1.54, 1.807) is 7.11 Å². The summed E-state index contributed by atoms with van der Waals surface area (Å²) < 4.78 is 16.0. The number of benzene rings is 1. The van der Waals surface area contributed by atoms with Gasteiger partial charge in [0.2, 0.25) is 17.5 Å². The molecule has 0 amide bonds. The van der Waals surface area contributed by atoms with Gasteiger partial charge in [0.1, 0.15) is 11.8 Å². The number of methoxy groups -OCH3 is 1. The summed E-state index contributed by atoms with van der Waals surface area (Å²) in [5, 5.41) is 12.2. The maximum Gasteiger partial charge on any atom is 0.232 e. The molecule has 6 nitrogen and oxygen atoms in total. The molecule has 0 saturated carbocycles. The molecule has 6 heteroatoms. The summed E-state index contributed by atoms with van der Waals surface area (Å²) in [7, 11) is 1.61. The number of rotatable bonds is 8. The van der Waals surface area contributed by atoms with Crippen molar-refractivity contribution in [2.24, 2.45) is 0 Å². The predicted molar refractivity (Wildman–Crippen MR) is 82.8 cm³/mol. The largest absolute Gasteiger partial charge is 0.497 e. The molecule has 0 fully saturated rings. The summed E-state index contributed by atoms with van der Waals surface area (Å²) in [5.74, 6) is 1.56. The monoisotopic (exact) mass is 301 g/mol. The number of oxazole rings is 1. The fraction of sp³-hybridized carbons (Fsp3) is 0.375. The minimum Gasteiger partial charge on any atom is -0.497 e. The van der Waals surface area contributed by atoms with E-state index in [9.17, 15) is 0 Å². The molecule has 0 unspecified atom stereocenters. The molecule has 1 aromatic carbocycles. The highest BCUT2D eigenvalue weighted by Crippen LogP contribution is 2.26. The van der Waals surface area contributed by atoms with Crippen molar-refractivity contribution in [2.75, 3.05) is 32.2 Å². The van der Waals surface area contributed by atoms with Crippen LogP contribution in [0.5, 0.6) is 5.75 Å². The zero-order valence-corrected chi connectivity index (χ0v) is 12.8. The minimum absolute atomic E-state index is 0.252. The standard InChI is InChI=1S/C16H19N3O3/c1-3-21-10-4-9-18-16-14(11-17)19-15(22-16)12-5-7-13(20-2)8-6-12/h5-8,18H,3-4,9-10H2,1-2H3. The number of ether oxygens (including phenoxy) is 2. The third kappa shape index (κ3) is 3.99. The van der Waals surface area contributed by atoms with Crippen molar-refractivity contribution >= 4 is 5.88 Å². The van der Waals surface area contributed by atoms with Gasteiger partial charge in [-0.15, -0.1) is 0 Å². The molecule has 0 aliphatic rings. The summed E-state index contributed by atoms with van der Waals surface area (Å²) in [5.41, 5.74) is 1.04. The van der Waals surface area contributed by atoms with Crippen molar-refractivity contribution in [1.82, 2.24) is 4.98 Å². The summed E-state index contributed by atoms with van der Waals surface area (Å²) >= 11 is 0. The Kier molecular flexibility index (Phi) is 5.81. The summed E-state index contributed by atoms with van der Waals surface area (Å²) in [6.45, 7) is 3.99. The molecule has 0 aliphatic heterocycles. The van der Waals surface area contributed by atoms with Crippen LogP contribution < -0.4 is 10.1 Å². The van der Waals surface area contributed by atoms with Gasteiger partial charge in [0, 0.05) is 25.3 Å². The van der Waals surface area contributed by atoms with Crippen molar-refractivity contribution in [2.45, 2.75) is 13.3 Å². The Bertz CT molecular complexity index is 629. The number of hydrogen-bond acceptors (Lipinski definition) is 6. The van der Waals surface area contributed by atoms with Gasteiger partial charge in [-0.3, -0.25) is 0 Å². The Labute approximate surface area is 129 Å². The van der Waals surface area contributed by atoms with E-state index in [-0.39, 0.29) is 5.69 Å². The highest BCUT2D eigenvalue weighted by Gasteiger charge is 2.14. The van der Waals surface area contributed by atoms with Crippen molar-refractivity contribution in [3.05, 3.63) is 30.0 Å².